The van der Waals surface area contributed by atoms with Crippen molar-refractivity contribution in [3.63, 3.8) is 0 Å². The van der Waals surface area contributed by atoms with Crippen LogP contribution in [0.25, 0.3) is 0 Å². The third-order valence-electron chi connectivity index (χ3n) is 2.99. The smallest absolute Gasteiger partial charge is 0.263 e. The zero-order chi connectivity index (χ0) is 15.5. The Hall–Kier alpha value is -1.73. The second-order valence-electron chi connectivity index (χ2n) is 4.35. The minimum absolute atomic E-state index is 0.0603. The van der Waals surface area contributed by atoms with Crippen molar-refractivity contribution in [1.29, 1.82) is 0 Å². The lowest BCUT2D eigenvalue weighted by molar-refractivity contribution is -0.493. The molecule has 0 saturated heterocycles. The molecule has 0 heterocycles. The van der Waals surface area contributed by atoms with E-state index < -0.39 is 25.0 Å². The van der Waals surface area contributed by atoms with E-state index in [9.17, 15) is 18.5 Å². The Morgan fingerprint density at radius 3 is 1.90 bits per heavy atom. The van der Waals surface area contributed by atoms with Gasteiger partial charge in [-0.2, -0.15) is 0 Å². The van der Waals surface area contributed by atoms with Crippen LogP contribution in [0.2, 0.25) is 0 Å². The van der Waals surface area contributed by atoms with Gasteiger partial charge < -0.3 is 0 Å². The molecule has 7 heteroatoms. The first-order valence-electron chi connectivity index (χ1n) is 6.06. The number of benzene rings is 2. The average molecular weight is 370 g/mol. The average Bonchev–Trinajstić information content (AvgIpc) is 2.49. The number of sulfone groups is 1. The standard InChI is InChI=1S/C14H12BrNO4S/c15-14(16(17)18)13(11-7-3-1-4-8-11)21(19,20)12-9-5-2-6-10-12/h1-10,13-14H. The molecule has 2 aromatic rings. The lowest BCUT2D eigenvalue weighted by atomic mass is 10.1. The van der Waals surface area contributed by atoms with E-state index in [-0.39, 0.29) is 4.90 Å². The monoisotopic (exact) mass is 369 g/mol. The summed E-state index contributed by atoms with van der Waals surface area (Å²) < 4.78 is 25.5. The van der Waals surface area contributed by atoms with Crippen LogP contribution in [0.15, 0.2) is 65.6 Å². The van der Waals surface area contributed by atoms with E-state index in [0.717, 1.165) is 0 Å². The van der Waals surface area contributed by atoms with Crippen LogP contribution >= 0.6 is 15.9 Å². The van der Waals surface area contributed by atoms with Gasteiger partial charge in [0.15, 0.2) is 15.1 Å². The van der Waals surface area contributed by atoms with Gasteiger partial charge in [0.1, 0.15) is 0 Å². The van der Waals surface area contributed by atoms with Crippen LogP contribution in [0, 0.1) is 10.1 Å². The summed E-state index contributed by atoms with van der Waals surface area (Å²) in [6.07, 6.45) is 0. The molecule has 0 aliphatic rings. The fourth-order valence-corrected chi connectivity index (χ4v) is 4.89. The minimum Gasteiger partial charge on any atom is -0.263 e. The van der Waals surface area contributed by atoms with Gasteiger partial charge in [-0.05, 0) is 33.6 Å². The molecule has 2 atom stereocenters. The molecule has 0 aliphatic carbocycles. The second-order valence-corrected chi connectivity index (χ2v) is 7.35. The van der Waals surface area contributed by atoms with Crippen molar-refractivity contribution in [1.82, 2.24) is 0 Å². The van der Waals surface area contributed by atoms with Crippen LogP contribution in [-0.2, 0) is 9.84 Å². The molecular formula is C14H12BrNO4S. The Balaban J connectivity index is 2.58. The first kappa shape index (κ1) is 15.7. The number of nitro groups is 1. The van der Waals surface area contributed by atoms with Crippen molar-refractivity contribution >= 4 is 25.8 Å². The van der Waals surface area contributed by atoms with E-state index in [4.69, 9.17) is 0 Å². The molecule has 0 N–H and O–H groups in total. The molecule has 2 aromatic carbocycles. The highest BCUT2D eigenvalue weighted by atomic mass is 79.9. The number of nitrogens with zero attached hydrogens (tertiary/aromatic N) is 1. The summed E-state index contributed by atoms with van der Waals surface area (Å²) in [6.45, 7) is 0. The van der Waals surface area contributed by atoms with E-state index in [1.165, 1.54) is 12.1 Å². The molecule has 110 valence electrons. The van der Waals surface area contributed by atoms with Gasteiger partial charge in [-0.15, -0.1) is 0 Å². The van der Waals surface area contributed by atoms with Crippen LogP contribution in [0.4, 0.5) is 0 Å². The maximum Gasteiger partial charge on any atom is 0.286 e. The maximum atomic E-state index is 12.7. The van der Waals surface area contributed by atoms with Crippen molar-refractivity contribution in [2.24, 2.45) is 0 Å². The highest BCUT2D eigenvalue weighted by molar-refractivity contribution is 9.09. The molecule has 5 nitrogen and oxygen atoms in total. The Labute approximate surface area is 130 Å². The molecule has 0 amide bonds. The summed E-state index contributed by atoms with van der Waals surface area (Å²) in [5.74, 6) is 0. The number of hydrogen-bond donors (Lipinski definition) is 0. The van der Waals surface area contributed by atoms with Gasteiger partial charge in [-0.1, -0.05) is 48.5 Å². The van der Waals surface area contributed by atoms with Crippen molar-refractivity contribution in [3.8, 4) is 0 Å². The Kier molecular flexibility index (Phi) is 4.74. The summed E-state index contributed by atoms with van der Waals surface area (Å²) in [5.41, 5.74) is 0.375. The van der Waals surface area contributed by atoms with Crippen LogP contribution < -0.4 is 0 Å². The normalized spacial score (nSPS) is 14.3. The molecule has 2 rings (SSSR count). The first-order chi connectivity index (χ1) is 9.94. The van der Waals surface area contributed by atoms with Crippen LogP contribution in [-0.4, -0.2) is 18.3 Å². The van der Waals surface area contributed by atoms with Gasteiger partial charge in [0.05, 0.1) is 4.90 Å². The lowest BCUT2D eigenvalue weighted by Crippen LogP contribution is -2.28. The number of halogens is 1. The molecule has 21 heavy (non-hydrogen) atoms. The van der Waals surface area contributed by atoms with Gasteiger partial charge in [-0.3, -0.25) is 10.1 Å². The zero-order valence-electron chi connectivity index (χ0n) is 10.8. The van der Waals surface area contributed by atoms with Crippen molar-refractivity contribution in [2.45, 2.75) is 15.1 Å². The van der Waals surface area contributed by atoms with E-state index >= 15 is 0 Å². The molecule has 0 aromatic heterocycles. The Bertz CT molecular complexity index is 719. The largest absolute Gasteiger partial charge is 0.286 e. The number of rotatable bonds is 5. The SMILES string of the molecule is O=[N+]([O-])C(Br)C(c1ccccc1)S(=O)(=O)c1ccccc1. The van der Waals surface area contributed by atoms with E-state index in [0.29, 0.717) is 5.56 Å². The predicted molar refractivity (Wildman–Crippen MR) is 82.5 cm³/mol. The van der Waals surface area contributed by atoms with Crippen LogP contribution in [0.1, 0.15) is 10.8 Å². The predicted octanol–water partition coefficient (Wildman–Crippen LogP) is 3.20. The fourth-order valence-electron chi connectivity index (χ4n) is 2.00. The summed E-state index contributed by atoms with van der Waals surface area (Å²) >= 11 is 2.90. The van der Waals surface area contributed by atoms with E-state index in [1.807, 2.05) is 0 Å². The summed E-state index contributed by atoms with van der Waals surface area (Å²) in [5, 5.41) is 9.79. The van der Waals surface area contributed by atoms with Crippen molar-refractivity contribution in [3.05, 3.63) is 76.3 Å². The molecule has 0 spiro atoms. The Morgan fingerprint density at radius 1 is 0.952 bits per heavy atom. The topological polar surface area (TPSA) is 77.3 Å². The maximum absolute atomic E-state index is 12.7. The van der Waals surface area contributed by atoms with Crippen LogP contribution in [0.5, 0.6) is 0 Å². The zero-order valence-corrected chi connectivity index (χ0v) is 13.2. The van der Waals surface area contributed by atoms with Gasteiger partial charge in [0, 0.05) is 4.92 Å². The molecule has 0 radical (unpaired) electrons. The number of hydrogen-bond acceptors (Lipinski definition) is 4. The van der Waals surface area contributed by atoms with E-state index in [2.05, 4.69) is 15.9 Å². The second kappa shape index (κ2) is 6.36. The number of alkyl halides is 1. The molecule has 0 bridgehead atoms. The van der Waals surface area contributed by atoms with E-state index in [1.54, 1.807) is 48.5 Å². The quantitative estimate of drug-likeness (QED) is 0.351. The minimum atomic E-state index is -3.89. The summed E-state index contributed by atoms with van der Waals surface area (Å²) in [4.78, 5) is 9.08. The van der Waals surface area contributed by atoms with Gasteiger partial charge in [-0.25, -0.2) is 8.42 Å². The molecule has 0 saturated carbocycles. The highest BCUT2D eigenvalue weighted by Gasteiger charge is 2.41. The third-order valence-corrected chi connectivity index (χ3v) is 6.33. The van der Waals surface area contributed by atoms with Gasteiger partial charge >= 0.3 is 0 Å². The van der Waals surface area contributed by atoms with Crippen molar-refractivity contribution in [2.75, 3.05) is 0 Å². The third kappa shape index (κ3) is 3.30. The highest BCUT2D eigenvalue weighted by Crippen LogP contribution is 2.35. The summed E-state index contributed by atoms with van der Waals surface area (Å²) in [6, 6.07) is 15.9. The van der Waals surface area contributed by atoms with Gasteiger partial charge in [0.25, 0.3) is 4.95 Å². The fraction of sp³-hybridized carbons (Fsp3) is 0.143. The molecule has 2 unspecified atom stereocenters. The Morgan fingerprint density at radius 2 is 1.43 bits per heavy atom. The van der Waals surface area contributed by atoms with Gasteiger partial charge in [0.2, 0.25) is 0 Å². The summed E-state index contributed by atoms with van der Waals surface area (Å²) in [7, 11) is -3.89. The first-order valence-corrected chi connectivity index (χ1v) is 8.52. The molecule has 0 aliphatic heterocycles. The molecule has 0 fully saturated rings. The van der Waals surface area contributed by atoms with Crippen molar-refractivity contribution < 1.29 is 13.3 Å². The molecular weight excluding hydrogens is 358 g/mol. The lowest BCUT2D eigenvalue weighted by Gasteiger charge is -2.18. The van der Waals surface area contributed by atoms with Crippen LogP contribution in [0.3, 0.4) is 0 Å².